The van der Waals surface area contributed by atoms with Crippen LogP contribution in [0.25, 0.3) is 0 Å². The first-order valence-electron chi connectivity index (χ1n) is 10.0. The highest BCUT2D eigenvalue weighted by Gasteiger charge is 2.36. The van der Waals surface area contributed by atoms with E-state index in [-0.39, 0.29) is 29.8 Å². The van der Waals surface area contributed by atoms with Crippen molar-refractivity contribution in [3.8, 4) is 0 Å². The second-order valence-electron chi connectivity index (χ2n) is 8.05. The van der Waals surface area contributed by atoms with E-state index in [0.29, 0.717) is 37.1 Å². The molecule has 0 saturated carbocycles. The molecule has 2 aromatic rings. The SMILES string of the molecule is Cc1ccc(S(=O)(=O)N2CCC(C(=O)N3CCc4c(F)cc(F)cc43)CC2)cc1C. The number of amides is 1. The predicted molar refractivity (Wildman–Crippen MR) is 110 cm³/mol. The maximum Gasteiger partial charge on any atom is 0.243 e. The monoisotopic (exact) mass is 434 g/mol. The van der Waals surface area contributed by atoms with Crippen molar-refractivity contribution in [2.75, 3.05) is 24.5 Å². The highest BCUT2D eigenvalue weighted by atomic mass is 32.2. The summed E-state index contributed by atoms with van der Waals surface area (Å²) in [6.07, 6.45) is 1.12. The Labute approximate surface area is 175 Å². The summed E-state index contributed by atoms with van der Waals surface area (Å²) in [6.45, 7) is 4.60. The van der Waals surface area contributed by atoms with Crippen LogP contribution < -0.4 is 4.90 Å². The number of carbonyl (C=O) groups is 1. The maximum atomic E-state index is 14.0. The molecule has 2 aromatic carbocycles. The van der Waals surface area contributed by atoms with Crippen LogP contribution in [0, 0.1) is 31.4 Å². The van der Waals surface area contributed by atoms with Crippen LogP contribution in [0.1, 0.15) is 29.5 Å². The topological polar surface area (TPSA) is 57.7 Å². The third kappa shape index (κ3) is 3.63. The number of benzene rings is 2. The fourth-order valence-electron chi connectivity index (χ4n) is 4.24. The second-order valence-corrected chi connectivity index (χ2v) is 9.99. The number of carbonyl (C=O) groups excluding carboxylic acids is 1. The van der Waals surface area contributed by atoms with E-state index in [4.69, 9.17) is 0 Å². The lowest BCUT2D eigenvalue weighted by Crippen LogP contribution is -2.44. The molecule has 0 atom stereocenters. The molecule has 0 bridgehead atoms. The van der Waals surface area contributed by atoms with Crippen LogP contribution in [-0.2, 0) is 21.2 Å². The number of piperidine rings is 1. The van der Waals surface area contributed by atoms with Gasteiger partial charge in [0.2, 0.25) is 15.9 Å². The molecule has 0 N–H and O–H groups in total. The molecule has 1 saturated heterocycles. The minimum absolute atomic E-state index is 0.193. The van der Waals surface area contributed by atoms with Gasteiger partial charge >= 0.3 is 0 Å². The Morgan fingerprint density at radius 1 is 1.00 bits per heavy atom. The van der Waals surface area contributed by atoms with Gasteiger partial charge in [-0.05, 0) is 62.4 Å². The summed E-state index contributed by atoms with van der Waals surface area (Å²) in [5, 5.41) is 0. The molecule has 5 nitrogen and oxygen atoms in total. The third-order valence-electron chi connectivity index (χ3n) is 6.20. The molecule has 8 heteroatoms. The molecule has 0 aliphatic carbocycles. The van der Waals surface area contributed by atoms with Crippen molar-refractivity contribution in [3.63, 3.8) is 0 Å². The van der Waals surface area contributed by atoms with E-state index in [1.54, 1.807) is 18.2 Å². The van der Waals surface area contributed by atoms with Gasteiger partial charge in [0.05, 0.1) is 10.6 Å². The van der Waals surface area contributed by atoms with Crippen LogP contribution in [0.4, 0.5) is 14.5 Å². The molecule has 160 valence electrons. The molecule has 2 aliphatic heterocycles. The standard InChI is InChI=1S/C22H24F2N2O3S/c1-14-3-4-18(11-15(14)2)30(28,29)25-8-5-16(6-9-25)22(27)26-10-7-19-20(24)12-17(23)13-21(19)26/h3-4,11-13,16H,5-10H2,1-2H3. The van der Waals surface area contributed by atoms with Gasteiger partial charge in [-0.15, -0.1) is 0 Å². The van der Waals surface area contributed by atoms with Crippen LogP contribution in [0.3, 0.4) is 0 Å². The van der Waals surface area contributed by atoms with Crippen molar-refractivity contribution in [1.82, 2.24) is 4.31 Å². The smallest absolute Gasteiger partial charge is 0.243 e. The number of anilines is 1. The van der Waals surface area contributed by atoms with Crippen LogP contribution in [0.15, 0.2) is 35.2 Å². The molecule has 30 heavy (non-hydrogen) atoms. The molecule has 0 radical (unpaired) electrons. The molecule has 0 unspecified atom stereocenters. The van der Waals surface area contributed by atoms with Crippen molar-refractivity contribution in [2.45, 2.75) is 38.0 Å². The normalized spacial score (nSPS) is 17.9. The second kappa shape index (κ2) is 7.74. The van der Waals surface area contributed by atoms with Crippen LogP contribution in [-0.4, -0.2) is 38.3 Å². The Balaban J connectivity index is 1.47. The number of halogens is 2. The first kappa shape index (κ1) is 20.9. The molecule has 4 rings (SSSR count). The van der Waals surface area contributed by atoms with Crippen LogP contribution >= 0.6 is 0 Å². The summed E-state index contributed by atoms with van der Waals surface area (Å²) in [4.78, 5) is 14.7. The lowest BCUT2D eigenvalue weighted by atomic mass is 9.96. The van der Waals surface area contributed by atoms with Gasteiger partial charge in [-0.1, -0.05) is 6.07 Å². The molecule has 2 aliphatic rings. The van der Waals surface area contributed by atoms with Gasteiger partial charge in [0.25, 0.3) is 0 Å². The van der Waals surface area contributed by atoms with E-state index in [1.807, 2.05) is 13.8 Å². The molecular formula is C22H24F2N2O3S. The molecule has 0 aromatic heterocycles. The lowest BCUT2D eigenvalue weighted by molar-refractivity contribution is -0.123. The first-order chi connectivity index (χ1) is 14.2. The minimum atomic E-state index is -3.62. The first-order valence-corrected chi connectivity index (χ1v) is 11.5. The van der Waals surface area contributed by atoms with Crippen LogP contribution in [0.2, 0.25) is 0 Å². The zero-order valence-electron chi connectivity index (χ0n) is 17.0. The number of hydrogen-bond donors (Lipinski definition) is 0. The molecular weight excluding hydrogens is 410 g/mol. The highest BCUT2D eigenvalue weighted by Crippen LogP contribution is 2.34. The summed E-state index contributed by atoms with van der Waals surface area (Å²) in [5.74, 6) is -1.90. The number of rotatable bonds is 3. The Morgan fingerprint density at radius 3 is 2.37 bits per heavy atom. The van der Waals surface area contributed by atoms with Crippen molar-refractivity contribution in [1.29, 1.82) is 0 Å². The number of hydrogen-bond acceptors (Lipinski definition) is 3. The number of fused-ring (bicyclic) bond motifs is 1. The van der Waals surface area contributed by atoms with Gasteiger partial charge in [-0.25, -0.2) is 17.2 Å². The van der Waals surface area contributed by atoms with E-state index >= 15 is 0 Å². The summed E-state index contributed by atoms with van der Waals surface area (Å²) in [5.41, 5.74) is 2.59. The van der Waals surface area contributed by atoms with Crippen LogP contribution in [0.5, 0.6) is 0 Å². The van der Waals surface area contributed by atoms with E-state index in [1.165, 1.54) is 15.3 Å². The largest absolute Gasteiger partial charge is 0.311 e. The fourth-order valence-corrected chi connectivity index (χ4v) is 5.79. The zero-order valence-corrected chi connectivity index (χ0v) is 17.8. The van der Waals surface area contributed by atoms with Gasteiger partial charge in [-0.2, -0.15) is 4.31 Å². The summed E-state index contributed by atoms with van der Waals surface area (Å²) in [6, 6.07) is 7.11. The highest BCUT2D eigenvalue weighted by molar-refractivity contribution is 7.89. The van der Waals surface area contributed by atoms with E-state index in [9.17, 15) is 22.0 Å². The Hall–Kier alpha value is -2.32. The van der Waals surface area contributed by atoms with Crippen molar-refractivity contribution >= 4 is 21.6 Å². The van der Waals surface area contributed by atoms with Gasteiger partial charge in [0.1, 0.15) is 11.6 Å². The molecule has 0 spiro atoms. The van der Waals surface area contributed by atoms with Crippen molar-refractivity contribution in [3.05, 3.63) is 58.7 Å². The van der Waals surface area contributed by atoms with Gasteiger partial charge < -0.3 is 4.90 Å². The summed E-state index contributed by atoms with van der Waals surface area (Å²) < 4.78 is 55.0. The van der Waals surface area contributed by atoms with E-state index < -0.39 is 21.7 Å². The Kier molecular flexibility index (Phi) is 5.40. The molecule has 1 fully saturated rings. The van der Waals surface area contributed by atoms with Gasteiger partial charge in [-0.3, -0.25) is 4.79 Å². The molecule has 1 amide bonds. The average molecular weight is 435 g/mol. The predicted octanol–water partition coefficient (Wildman–Crippen LogP) is 3.57. The zero-order chi connectivity index (χ0) is 21.6. The maximum absolute atomic E-state index is 14.0. The number of aryl methyl sites for hydroxylation is 2. The van der Waals surface area contributed by atoms with Gasteiger partial charge in [0.15, 0.2) is 0 Å². The molecule has 2 heterocycles. The summed E-state index contributed by atoms with van der Waals surface area (Å²) in [7, 11) is -3.62. The Morgan fingerprint density at radius 2 is 1.70 bits per heavy atom. The van der Waals surface area contributed by atoms with Crippen molar-refractivity contribution in [2.24, 2.45) is 5.92 Å². The van der Waals surface area contributed by atoms with E-state index in [2.05, 4.69) is 0 Å². The van der Waals surface area contributed by atoms with Gasteiger partial charge in [0, 0.05) is 37.2 Å². The third-order valence-corrected chi connectivity index (χ3v) is 8.09. The lowest BCUT2D eigenvalue weighted by Gasteiger charge is -2.32. The quantitative estimate of drug-likeness (QED) is 0.742. The average Bonchev–Trinajstić information content (AvgIpc) is 3.13. The Bertz CT molecular complexity index is 1110. The number of sulfonamides is 1. The summed E-state index contributed by atoms with van der Waals surface area (Å²) >= 11 is 0. The van der Waals surface area contributed by atoms with Crippen molar-refractivity contribution < 1.29 is 22.0 Å². The number of nitrogens with zero attached hydrogens (tertiary/aromatic N) is 2. The fraction of sp³-hybridized carbons (Fsp3) is 0.409. The van der Waals surface area contributed by atoms with E-state index in [0.717, 1.165) is 17.2 Å². The minimum Gasteiger partial charge on any atom is -0.311 e.